The van der Waals surface area contributed by atoms with Gasteiger partial charge in [0, 0.05) is 29.7 Å². The number of anilines is 1. The minimum atomic E-state index is -0.352. The molecule has 7 heteroatoms. The van der Waals surface area contributed by atoms with Crippen LogP contribution >= 0.6 is 0 Å². The molecule has 2 aromatic heterocycles. The van der Waals surface area contributed by atoms with Gasteiger partial charge < -0.3 is 19.6 Å². The highest BCUT2D eigenvalue weighted by Gasteiger charge is 2.17. The summed E-state index contributed by atoms with van der Waals surface area (Å²) >= 11 is 0. The molecule has 0 saturated heterocycles. The molecule has 2 N–H and O–H groups in total. The molecular formula is C25H24FN3O3. The molecule has 164 valence electrons. The molecule has 0 saturated carbocycles. The molecule has 0 fully saturated rings. The highest BCUT2D eigenvalue weighted by molar-refractivity contribution is 6.04. The van der Waals surface area contributed by atoms with E-state index in [1.165, 1.54) is 18.4 Å². The van der Waals surface area contributed by atoms with Crippen LogP contribution in [0.3, 0.4) is 0 Å². The van der Waals surface area contributed by atoms with Gasteiger partial charge in [-0.05, 0) is 60.0 Å². The van der Waals surface area contributed by atoms with Gasteiger partial charge in [0.2, 0.25) is 0 Å². The zero-order chi connectivity index (χ0) is 22.7. The first-order valence-electron chi connectivity index (χ1n) is 10.4. The second-order valence-electron chi connectivity index (χ2n) is 8.05. The number of amides is 2. The van der Waals surface area contributed by atoms with E-state index in [1.54, 1.807) is 36.4 Å². The lowest BCUT2D eigenvalue weighted by Gasteiger charge is -2.13. The Balaban J connectivity index is 1.68. The Bertz CT molecular complexity index is 1240. The van der Waals surface area contributed by atoms with Crippen LogP contribution in [0.5, 0.6) is 0 Å². The molecule has 0 bridgehead atoms. The molecule has 0 aliphatic carbocycles. The van der Waals surface area contributed by atoms with Gasteiger partial charge in [0.05, 0.1) is 6.26 Å². The molecule has 2 amide bonds. The van der Waals surface area contributed by atoms with Crippen molar-refractivity contribution in [1.29, 1.82) is 0 Å². The van der Waals surface area contributed by atoms with Crippen molar-refractivity contribution >= 4 is 28.4 Å². The van der Waals surface area contributed by atoms with E-state index in [4.69, 9.17) is 4.42 Å². The number of aromatic nitrogens is 1. The van der Waals surface area contributed by atoms with Gasteiger partial charge in [-0.25, -0.2) is 4.39 Å². The second kappa shape index (κ2) is 9.09. The van der Waals surface area contributed by atoms with Gasteiger partial charge in [-0.3, -0.25) is 9.59 Å². The fraction of sp³-hybridized carbons (Fsp3) is 0.200. The molecule has 2 heterocycles. The van der Waals surface area contributed by atoms with Gasteiger partial charge in [-0.15, -0.1) is 0 Å². The first kappa shape index (κ1) is 21.4. The predicted octanol–water partition coefficient (Wildman–Crippen LogP) is 5.06. The van der Waals surface area contributed by atoms with Gasteiger partial charge in [-0.1, -0.05) is 26.0 Å². The average molecular weight is 433 g/mol. The maximum absolute atomic E-state index is 13.3. The maximum Gasteiger partial charge on any atom is 0.291 e. The lowest BCUT2D eigenvalue weighted by Crippen LogP contribution is -2.29. The minimum absolute atomic E-state index is 0.182. The monoisotopic (exact) mass is 433 g/mol. The van der Waals surface area contributed by atoms with Gasteiger partial charge in [0.25, 0.3) is 11.8 Å². The standard InChI is InChI=1S/C25H24FN3O3/c1-16(2)14-27-24(30)22-13-18-12-20(28-25(31)23-4-3-11-32-23)9-10-21(18)29(22)15-17-5-7-19(26)8-6-17/h3-13,16H,14-15H2,1-2H3,(H,27,30)(H,28,31). The maximum atomic E-state index is 13.3. The summed E-state index contributed by atoms with van der Waals surface area (Å²) in [5, 5.41) is 6.57. The molecule has 0 unspecified atom stereocenters. The molecule has 32 heavy (non-hydrogen) atoms. The number of nitrogens with zero attached hydrogens (tertiary/aromatic N) is 1. The number of carbonyl (C=O) groups excluding carboxylic acids is 2. The number of fused-ring (bicyclic) bond motifs is 1. The van der Waals surface area contributed by atoms with Crippen LogP contribution < -0.4 is 10.6 Å². The third kappa shape index (κ3) is 4.72. The van der Waals surface area contributed by atoms with E-state index >= 15 is 0 Å². The van der Waals surface area contributed by atoms with Gasteiger partial charge in [0.15, 0.2) is 5.76 Å². The Hall–Kier alpha value is -3.87. The number of carbonyl (C=O) groups is 2. The van der Waals surface area contributed by atoms with Crippen LogP contribution in [-0.2, 0) is 6.54 Å². The molecule has 0 spiro atoms. The lowest BCUT2D eigenvalue weighted by atomic mass is 10.2. The first-order valence-corrected chi connectivity index (χ1v) is 10.4. The normalized spacial score (nSPS) is 11.1. The quantitative estimate of drug-likeness (QED) is 0.428. The van der Waals surface area contributed by atoms with E-state index in [-0.39, 0.29) is 23.4 Å². The number of benzene rings is 2. The molecule has 0 radical (unpaired) electrons. The summed E-state index contributed by atoms with van der Waals surface area (Å²) in [6.07, 6.45) is 1.44. The fourth-order valence-corrected chi connectivity index (χ4v) is 3.47. The van der Waals surface area contributed by atoms with Crippen LogP contribution in [0.2, 0.25) is 0 Å². The highest BCUT2D eigenvalue weighted by atomic mass is 19.1. The second-order valence-corrected chi connectivity index (χ2v) is 8.05. The molecule has 2 aromatic carbocycles. The zero-order valence-electron chi connectivity index (χ0n) is 17.9. The zero-order valence-corrected chi connectivity index (χ0v) is 17.9. The molecule has 4 aromatic rings. The number of halogens is 1. The van der Waals surface area contributed by atoms with Crippen LogP contribution in [0.1, 0.15) is 40.5 Å². The summed E-state index contributed by atoms with van der Waals surface area (Å²) in [6.45, 7) is 5.03. The number of hydrogen-bond donors (Lipinski definition) is 2. The number of hydrogen-bond acceptors (Lipinski definition) is 3. The number of rotatable bonds is 7. The van der Waals surface area contributed by atoms with Crippen LogP contribution in [-0.4, -0.2) is 22.9 Å². The van der Waals surface area contributed by atoms with Crippen molar-refractivity contribution in [3.8, 4) is 0 Å². The minimum Gasteiger partial charge on any atom is -0.459 e. The molecule has 4 rings (SSSR count). The Morgan fingerprint density at radius 1 is 1.03 bits per heavy atom. The third-order valence-corrected chi connectivity index (χ3v) is 5.06. The van der Waals surface area contributed by atoms with E-state index < -0.39 is 0 Å². The van der Waals surface area contributed by atoms with Crippen molar-refractivity contribution in [1.82, 2.24) is 9.88 Å². The van der Waals surface area contributed by atoms with E-state index in [9.17, 15) is 14.0 Å². The highest BCUT2D eigenvalue weighted by Crippen LogP contribution is 2.25. The summed E-state index contributed by atoms with van der Waals surface area (Å²) in [5.74, 6) is -0.309. The van der Waals surface area contributed by atoms with Crippen molar-refractivity contribution in [3.05, 3.63) is 89.8 Å². The largest absolute Gasteiger partial charge is 0.459 e. The van der Waals surface area contributed by atoms with Crippen molar-refractivity contribution in [2.75, 3.05) is 11.9 Å². The summed E-state index contributed by atoms with van der Waals surface area (Å²) in [6, 6.07) is 16.7. The third-order valence-electron chi connectivity index (χ3n) is 5.06. The number of furan rings is 1. The van der Waals surface area contributed by atoms with E-state index in [1.807, 2.05) is 30.5 Å². The van der Waals surface area contributed by atoms with Gasteiger partial charge in [0.1, 0.15) is 11.5 Å². The summed E-state index contributed by atoms with van der Waals surface area (Å²) < 4.78 is 20.4. The SMILES string of the molecule is CC(C)CNC(=O)c1cc2cc(NC(=O)c3ccco3)ccc2n1Cc1ccc(F)cc1. The molecular weight excluding hydrogens is 409 g/mol. The van der Waals surface area contributed by atoms with Crippen molar-refractivity contribution < 1.29 is 18.4 Å². The topological polar surface area (TPSA) is 76.3 Å². The van der Waals surface area contributed by atoms with E-state index in [2.05, 4.69) is 10.6 Å². The van der Waals surface area contributed by atoms with E-state index in [0.717, 1.165) is 16.5 Å². The summed E-state index contributed by atoms with van der Waals surface area (Å²) in [4.78, 5) is 25.2. The fourth-order valence-electron chi connectivity index (χ4n) is 3.47. The predicted molar refractivity (Wildman–Crippen MR) is 121 cm³/mol. The van der Waals surface area contributed by atoms with Crippen LogP contribution in [0.25, 0.3) is 10.9 Å². The Labute approximate surface area is 185 Å². The molecule has 0 aliphatic rings. The van der Waals surface area contributed by atoms with Crippen LogP contribution in [0.15, 0.2) is 71.3 Å². The molecule has 0 atom stereocenters. The summed E-state index contributed by atoms with van der Waals surface area (Å²) in [5.41, 5.74) is 2.79. The van der Waals surface area contributed by atoms with Gasteiger partial charge in [-0.2, -0.15) is 0 Å². The Morgan fingerprint density at radius 3 is 2.50 bits per heavy atom. The van der Waals surface area contributed by atoms with E-state index in [0.29, 0.717) is 30.4 Å². The van der Waals surface area contributed by atoms with Gasteiger partial charge >= 0.3 is 0 Å². The smallest absolute Gasteiger partial charge is 0.291 e. The van der Waals surface area contributed by atoms with Crippen molar-refractivity contribution in [2.45, 2.75) is 20.4 Å². The first-order chi connectivity index (χ1) is 15.4. The summed E-state index contributed by atoms with van der Waals surface area (Å²) in [7, 11) is 0. The van der Waals surface area contributed by atoms with Crippen LogP contribution in [0.4, 0.5) is 10.1 Å². The van der Waals surface area contributed by atoms with Crippen molar-refractivity contribution in [2.24, 2.45) is 5.92 Å². The Kier molecular flexibility index (Phi) is 6.07. The number of nitrogens with one attached hydrogen (secondary N) is 2. The molecule has 0 aliphatic heterocycles. The lowest BCUT2D eigenvalue weighted by molar-refractivity contribution is 0.0939. The molecule has 6 nitrogen and oxygen atoms in total. The average Bonchev–Trinajstić information content (AvgIpc) is 3.42. The van der Waals surface area contributed by atoms with Crippen LogP contribution in [0, 0.1) is 11.7 Å². The van der Waals surface area contributed by atoms with Crippen molar-refractivity contribution in [3.63, 3.8) is 0 Å². The Morgan fingerprint density at radius 2 is 1.81 bits per heavy atom.